The molecule has 1 heterocycles. The third-order valence-electron chi connectivity index (χ3n) is 1.42. The maximum atomic E-state index is 4.12. The molecule has 48 valence electrons. The highest BCUT2D eigenvalue weighted by molar-refractivity contribution is 9.10. The van der Waals surface area contributed by atoms with Crippen LogP contribution >= 0.6 is 15.9 Å². The largest absolute Gasteiger partial charge is 0.254 e. The molecule has 1 N–H and O–H groups in total. The summed E-state index contributed by atoms with van der Waals surface area (Å²) in [5.41, 5.74) is 0. The van der Waals surface area contributed by atoms with E-state index in [0.717, 1.165) is 10.6 Å². The van der Waals surface area contributed by atoms with E-state index in [0.29, 0.717) is 5.92 Å². The molecule has 4 heteroatoms. The van der Waals surface area contributed by atoms with E-state index in [1.165, 1.54) is 12.8 Å². The van der Waals surface area contributed by atoms with Gasteiger partial charge in [-0.05, 0) is 28.8 Å². The molecular formula is C5H6BrN3. The summed E-state index contributed by atoms with van der Waals surface area (Å²) < 4.78 is 0.740. The number of hydrogen-bond donors (Lipinski definition) is 1. The molecule has 0 aromatic carbocycles. The van der Waals surface area contributed by atoms with Gasteiger partial charge in [0.15, 0.2) is 10.6 Å². The molecule has 0 radical (unpaired) electrons. The van der Waals surface area contributed by atoms with Gasteiger partial charge in [0.2, 0.25) is 0 Å². The van der Waals surface area contributed by atoms with Crippen molar-refractivity contribution in [2.24, 2.45) is 0 Å². The Morgan fingerprint density at radius 1 is 1.56 bits per heavy atom. The van der Waals surface area contributed by atoms with Crippen LogP contribution in [-0.4, -0.2) is 15.2 Å². The number of aromatic nitrogens is 3. The highest BCUT2D eigenvalue weighted by atomic mass is 79.9. The highest BCUT2D eigenvalue weighted by Gasteiger charge is 2.27. The Bertz CT molecular complexity index is 216. The summed E-state index contributed by atoms with van der Waals surface area (Å²) in [4.78, 5) is 4.12. The van der Waals surface area contributed by atoms with Gasteiger partial charge in [-0.15, -0.1) is 0 Å². The summed E-state index contributed by atoms with van der Waals surface area (Å²) in [7, 11) is 0. The van der Waals surface area contributed by atoms with Crippen molar-refractivity contribution in [2.75, 3.05) is 0 Å². The molecule has 1 aromatic rings. The molecule has 0 aliphatic heterocycles. The second kappa shape index (κ2) is 1.80. The number of rotatable bonds is 1. The van der Waals surface area contributed by atoms with E-state index in [1.807, 2.05) is 0 Å². The Labute approximate surface area is 61.0 Å². The van der Waals surface area contributed by atoms with Crippen LogP contribution in [-0.2, 0) is 0 Å². The molecule has 0 unspecified atom stereocenters. The zero-order valence-corrected chi connectivity index (χ0v) is 6.35. The fourth-order valence-corrected chi connectivity index (χ4v) is 1.05. The number of halogens is 1. The maximum Gasteiger partial charge on any atom is 0.192 e. The van der Waals surface area contributed by atoms with E-state index in [-0.39, 0.29) is 0 Å². The second-order valence-electron chi connectivity index (χ2n) is 2.26. The Hall–Kier alpha value is -0.380. The number of aromatic amines is 1. The summed E-state index contributed by atoms with van der Waals surface area (Å²) in [6.07, 6.45) is 2.51. The Balaban J connectivity index is 2.28. The van der Waals surface area contributed by atoms with Crippen LogP contribution < -0.4 is 0 Å². The van der Waals surface area contributed by atoms with Gasteiger partial charge in [-0.3, -0.25) is 5.10 Å². The van der Waals surface area contributed by atoms with E-state index in [9.17, 15) is 0 Å². The maximum absolute atomic E-state index is 4.12. The summed E-state index contributed by atoms with van der Waals surface area (Å²) in [6, 6.07) is 0. The van der Waals surface area contributed by atoms with Gasteiger partial charge in [-0.1, -0.05) is 0 Å². The molecule has 0 saturated heterocycles. The molecule has 3 nitrogen and oxygen atoms in total. The monoisotopic (exact) mass is 187 g/mol. The fourth-order valence-electron chi connectivity index (χ4n) is 0.778. The van der Waals surface area contributed by atoms with Crippen LogP contribution in [0.4, 0.5) is 0 Å². The first-order valence-corrected chi connectivity index (χ1v) is 3.73. The van der Waals surface area contributed by atoms with Crippen molar-refractivity contribution in [3.05, 3.63) is 10.6 Å². The Morgan fingerprint density at radius 3 is 2.78 bits per heavy atom. The molecular weight excluding hydrogens is 182 g/mol. The van der Waals surface area contributed by atoms with Gasteiger partial charge in [0.25, 0.3) is 0 Å². The van der Waals surface area contributed by atoms with Crippen molar-refractivity contribution >= 4 is 15.9 Å². The molecule has 1 saturated carbocycles. The molecule has 9 heavy (non-hydrogen) atoms. The van der Waals surface area contributed by atoms with Crippen LogP contribution in [0.15, 0.2) is 4.73 Å². The molecule has 1 fully saturated rings. The van der Waals surface area contributed by atoms with Crippen LogP contribution in [0.2, 0.25) is 0 Å². The summed E-state index contributed by atoms with van der Waals surface area (Å²) in [6.45, 7) is 0. The predicted molar refractivity (Wildman–Crippen MR) is 36.1 cm³/mol. The second-order valence-corrected chi connectivity index (χ2v) is 3.01. The Kier molecular flexibility index (Phi) is 1.08. The molecule has 1 aromatic heterocycles. The van der Waals surface area contributed by atoms with E-state index >= 15 is 0 Å². The molecule has 0 spiro atoms. The van der Waals surface area contributed by atoms with Crippen molar-refractivity contribution < 1.29 is 0 Å². The van der Waals surface area contributed by atoms with Gasteiger partial charge in [-0.2, -0.15) is 5.10 Å². The van der Waals surface area contributed by atoms with Crippen LogP contribution in [0.25, 0.3) is 0 Å². The number of nitrogens with zero attached hydrogens (tertiary/aromatic N) is 2. The van der Waals surface area contributed by atoms with Crippen LogP contribution in [0.3, 0.4) is 0 Å². The lowest BCUT2D eigenvalue weighted by atomic mass is 10.4. The SMILES string of the molecule is Brc1nc(C2CC2)n[nH]1. The summed E-state index contributed by atoms with van der Waals surface area (Å²) in [5.74, 6) is 1.61. The van der Waals surface area contributed by atoms with Crippen LogP contribution in [0, 0.1) is 0 Å². The van der Waals surface area contributed by atoms with Gasteiger partial charge in [0.1, 0.15) is 0 Å². The van der Waals surface area contributed by atoms with Gasteiger partial charge in [0.05, 0.1) is 0 Å². The van der Waals surface area contributed by atoms with E-state index < -0.39 is 0 Å². The minimum atomic E-state index is 0.646. The topological polar surface area (TPSA) is 41.6 Å². The van der Waals surface area contributed by atoms with Gasteiger partial charge in [0, 0.05) is 5.92 Å². The first-order valence-electron chi connectivity index (χ1n) is 2.94. The molecule has 0 amide bonds. The third kappa shape index (κ3) is 0.986. The van der Waals surface area contributed by atoms with Crippen molar-refractivity contribution in [2.45, 2.75) is 18.8 Å². The minimum Gasteiger partial charge on any atom is -0.254 e. The molecule has 2 rings (SSSR count). The number of hydrogen-bond acceptors (Lipinski definition) is 2. The molecule has 0 atom stereocenters. The summed E-state index contributed by atoms with van der Waals surface area (Å²) >= 11 is 3.20. The highest BCUT2D eigenvalue weighted by Crippen LogP contribution is 2.37. The van der Waals surface area contributed by atoms with Gasteiger partial charge >= 0.3 is 0 Å². The fraction of sp³-hybridized carbons (Fsp3) is 0.600. The molecule has 1 aliphatic carbocycles. The van der Waals surface area contributed by atoms with Gasteiger partial charge < -0.3 is 0 Å². The van der Waals surface area contributed by atoms with Gasteiger partial charge in [-0.25, -0.2) is 4.98 Å². The van der Waals surface area contributed by atoms with Crippen LogP contribution in [0.1, 0.15) is 24.6 Å². The first kappa shape index (κ1) is 5.41. The lowest BCUT2D eigenvalue weighted by Gasteiger charge is -1.79. The van der Waals surface area contributed by atoms with Crippen molar-refractivity contribution in [1.82, 2.24) is 15.2 Å². The van der Waals surface area contributed by atoms with Crippen molar-refractivity contribution in [1.29, 1.82) is 0 Å². The predicted octanol–water partition coefficient (Wildman–Crippen LogP) is 1.44. The smallest absolute Gasteiger partial charge is 0.192 e. The van der Waals surface area contributed by atoms with Crippen molar-refractivity contribution in [3.8, 4) is 0 Å². The third-order valence-corrected chi connectivity index (χ3v) is 1.77. The lowest BCUT2D eigenvalue weighted by Crippen LogP contribution is -1.80. The Morgan fingerprint density at radius 2 is 2.33 bits per heavy atom. The summed E-state index contributed by atoms with van der Waals surface area (Å²) in [5, 5.41) is 6.74. The quantitative estimate of drug-likeness (QED) is 0.724. The zero-order chi connectivity index (χ0) is 6.27. The zero-order valence-electron chi connectivity index (χ0n) is 4.76. The van der Waals surface area contributed by atoms with E-state index in [2.05, 4.69) is 31.1 Å². The molecule has 0 bridgehead atoms. The average Bonchev–Trinajstić information content (AvgIpc) is 2.58. The normalized spacial score (nSPS) is 18.3. The first-order chi connectivity index (χ1) is 4.36. The number of H-pyrrole nitrogens is 1. The van der Waals surface area contributed by atoms with Crippen molar-refractivity contribution in [3.63, 3.8) is 0 Å². The standard InChI is InChI=1S/C5H6BrN3/c6-5-7-4(8-9-5)3-1-2-3/h3H,1-2H2,(H,7,8,9). The molecule has 1 aliphatic rings. The number of nitrogens with one attached hydrogen (secondary N) is 1. The lowest BCUT2D eigenvalue weighted by molar-refractivity contribution is 0.934. The van der Waals surface area contributed by atoms with Crippen LogP contribution in [0.5, 0.6) is 0 Å². The average molecular weight is 188 g/mol. The van der Waals surface area contributed by atoms with E-state index in [4.69, 9.17) is 0 Å². The minimum absolute atomic E-state index is 0.646. The van der Waals surface area contributed by atoms with E-state index in [1.54, 1.807) is 0 Å².